The first-order chi connectivity index (χ1) is 21.2. The van der Waals surface area contributed by atoms with Crippen LogP contribution >= 0.6 is 0 Å². The summed E-state index contributed by atoms with van der Waals surface area (Å²) in [6.45, 7) is 11.8. The summed E-state index contributed by atoms with van der Waals surface area (Å²) >= 11 is 0. The molecule has 3 aromatic heterocycles. The van der Waals surface area contributed by atoms with E-state index < -0.39 is 17.7 Å². The maximum Gasteiger partial charge on any atom is 0.410 e. The lowest BCUT2D eigenvalue weighted by Gasteiger charge is -2.26. The SMILES string of the molecule is CC(C)N(C)c1cc2c(c(CN(C)C(=O)OC(C)(C)C)n1)CN(c1cccc(-c3nncn3[C@@H](C)c3ccccc3F)n1)C2=O. The number of amides is 2. The Kier molecular flexibility index (Phi) is 8.59. The molecule has 1 aliphatic rings. The van der Waals surface area contributed by atoms with E-state index >= 15 is 0 Å². The first-order valence-corrected chi connectivity index (χ1v) is 14.9. The number of benzene rings is 1. The Morgan fingerprint density at radius 1 is 1.07 bits per heavy atom. The highest BCUT2D eigenvalue weighted by Gasteiger charge is 2.34. The van der Waals surface area contributed by atoms with Crippen LogP contribution in [0.1, 0.15) is 74.8 Å². The minimum Gasteiger partial charge on any atom is -0.444 e. The molecule has 45 heavy (non-hydrogen) atoms. The van der Waals surface area contributed by atoms with Crippen LogP contribution in [0.25, 0.3) is 11.5 Å². The molecule has 1 aromatic carbocycles. The number of halogens is 1. The molecule has 236 valence electrons. The van der Waals surface area contributed by atoms with Crippen molar-refractivity contribution < 1.29 is 18.7 Å². The van der Waals surface area contributed by atoms with Gasteiger partial charge in [-0.3, -0.25) is 9.69 Å². The molecule has 1 aliphatic heterocycles. The zero-order chi connectivity index (χ0) is 32.6. The molecule has 0 radical (unpaired) electrons. The highest BCUT2D eigenvalue weighted by molar-refractivity contribution is 6.10. The summed E-state index contributed by atoms with van der Waals surface area (Å²) in [6.07, 6.45) is 1.06. The minimum absolute atomic E-state index is 0.127. The number of anilines is 2. The Labute approximate surface area is 262 Å². The van der Waals surface area contributed by atoms with Gasteiger partial charge >= 0.3 is 6.09 Å². The molecule has 5 rings (SSSR count). The van der Waals surface area contributed by atoms with Crippen molar-refractivity contribution >= 4 is 23.6 Å². The van der Waals surface area contributed by atoms with Crippen molar-refractivity contribution in [2.24, 2.45) is 0 Å². The Morgan fingerprint density at radius 3 is 2.49 bits per heavy atom. The maximum atomic E-state index is 14.6. The van der Waals surface area contributed by atoms with Crippen LogP contribution < -0.4 is 9.80 Å². The van der Waals surface area contributed by atoms with Gasteiger partial charge in [-0.2, -0.15) is 0 Å². The number of hydrogen-bond donors (Lipinski definition) is 0. The van der Waals surface area contributed by atoms with Crippen LogP contribution in [-0.2, 0) is 17.8 Å². The number of carbonyl (C=O) groups is 2. The largest absolute Gasteiger partial charge is 0.444 e. The van der Waals surface area contributed by atoms with Gasteiger partial charge in [-0.1, -0.05) is 24.3 Å². The van der Waals surface area contributed by atoms with Gasteiger partial charge in [-0.15, -0.1) is 10.2 Å². The van der Waals surface area contributed by atoms with Gasteiger partial charge in [0.1, 0.15) is 35.1 Å². The number of ether oxygens (including phenoxy) is 1. The Hall–Kier alpha value is -4.87. The minimum atomic E-state index is -0.652. The highest BCUT2D eigenvalue weighted by Crippen LogP contribution is 2.34. The molecule has 0 N–H and O–H groups in total. The predicted molar refractivity (Wildman–Crippen MR) is 169 cm³/mol. The lowest BCUT2D eigenvalue weighted by Crippen LogP contribution is -2.34. The van der Waals surface area contributed by atoms with E-state index in [0.29, 0.717) is 40.0 Å². The average Bonchev–Trinajstić information content (AvgIpc) is 3.61. The van der Waals surface area contributed by atoms with E-state index in [2.05, 4.69) is 10.2 Å². The van der Waals surface area contributed by atoms with Crippen LogP contribution in [0.4, 0.5) is 20.8 Å². The molecular formula is C33H39FN8O3. The lowest BCUT2D eigenvalue weighted by atomic mass is 10.1. The number of pyridine rings is 2. The van der Waals surface area contributed by atoms with Gasteiger partial charge in [-0.05, 0) is 65.8 Å². The molecule has 0 spiro atoms. The fourth-order valence-electron chi connectivity index (χ4n) is 5.11. The van der Waals surface area contributed by atoms with Crippen molar-refractivity contribution in [2.45, 2.75) is 72.3 Å². The normalized spacial score (nSPS) is 13.6. The van der Waals surface area contributed by atoms with Crippen LogP contribution in [0, 0.1) is 5.82 Å². The van der Waals surface area contributed by atoms with E-state index in [1.807, 2.05) is 53.5 Å². The summed E-state index contributed by atoms with van der Waals surface area (Å²) in [6, 6.07) is 13.4. The van der Waals surface area contributed by atoms with Crippen molar-refractivity contribution in [1.82, 2.24) is 29.6 Å². The fraction of sp³-hybridized carbons (Fsp3) is 0.394. The second kappa shape index (κ2) is 12.3. The summed E-state index contributed by atoms with van der Waals surface area (Å²) in [4.78, 5) is 41.5. The summed E-state index contributed by atoms with van der Waals surface area (Å²) < 4.78 is 21.9. The van der Waals surface area contributed by atoms with Crippen molar-refractivity contribution in [3.05, 3.63) is 83.1 Å². The van der Waals surface area contributed by atoms with Gasteiger partial charge in [0, 0.05) is 31.3 Å². The average molecular weight is 615 g/mol. The quantitative estimate of drug-likeness (QED) is 0.243. The lowest BCUT2D eigenvalue weighted by molar-refractivity contribution is 0.0282. The Bertz CT molecular complexity index is 1730. The molecule has 0 saturated carbocycles. The number of carbonyl (C=O) groups excluding carboxylic acids is 2. The summed E-state index contributed by atoms with van der Waals surface area (Å²) in [5, 5.41) is 8.36. The smallest absolute Gasteiger partial charge is 0.410 e. The van der Waals surface area contributed by atoms with Crippen molar-refractivity contribution in [2.75, 3.05) is 23.9 Å². The van der Waals surface area contributed by atoms with Crippen LogP contribution in [0.2, 0.25) is 0 Å². The zero-order valence-corrected chi connectivity index (χ0v) is 26.9. The Balaban J connectivity index is 1.49. The molecule has 0 saturated heterocycles. The third kappa shape index (κ3) is 6.50. The van der Waals surface area contributed by atoms with Gasteiger partial charge in [0.25, 0.3) is 5.91 Å². The molecule has 0 unspecified atom stereocenters. The van der Waals surface area contributed by atoms with Crippen LogP contribution in [0.3, 0.4) is 0 Å². The van der Waals surface area contributed by atoms with Crippen molar-refractivity contribution in [3.8, 4) is 11.5 Å². The Morgan fingerprint density at radius 2 is 1.80 bits per heavy atom. The van der Waals surface area contributed by atoms with Gasteiger partial charge < -0.3 is 19.1 Å². The van der Waals surface area contributed by atoms with E-state index in [-0.39, 0.29) is 30.9 Å². The molecule has 0 fully saturated rings. The summed E-state index contributed by atoms with van der Waals surface area (Å²) in [5.74, 6) is 0.947. The van der Waals surface area contributed by atoms with E-state index in [0.717, 1.165) is 5.56 Å². The molecular weight excluding hydrogens is 575 g/mol. The molecule has 2 amide bonds. The monoisotopic (exact) mass is 614 g/mol. The first kappa shape index (κ1) is 31.6. The molecule has 1 atom stereocenters. The third-order valence-electron chi connectivity index (χ3n) is 7.80. The van der Waals surface area contributed by atoms with E-state index in [9.17, 15) is 14.0 Å². The topological polar surface area (TPSA) is 110 Å². The number of aromatic nitrogens is 5. The van der Waals surface area contributed by atoms with E-state index in [1.54, 1.807) is 65.3 Å². The molecule has 12 heteroatoms. The number of rotatable bonds is 8. The third-order valence-corrected chi connectivity index (χ3v) is 7.80. The second-order valence-electron chi connectivity index (χ2n) is 12.5. The zero-order valence-electron chi connectivity index (χ0n) is 26.9. The summed E-state index contributed by atoms with van der Waals surface area (Å²) in [7, 11) is 3.57. The molecule has 4 aromatic rings. The predicted octanol–water partition coefficient (Wildman–Crippen LogP) is 5.86. The van der Waals surface area contributed by atoms with Gasteiger partial charge in [0.15, 0.2) is 5.82 Å². The molecule has 0 bridgehead atoms. The van der Waals surface area contributed by atoms with Crippen LogP contribution in [0.5, 0.6) is 0 Å². The standard InChI is InChI=1S/C33H39FN8O3/c1-20(2)40(8)29-16-23-24(27(37-29)18-39(7)32(44)45-33(4,5)6)17-41(31(23)43)28-15-11-14-26(36-28)30-38-35-19-42(30)21(3)22-12-9-10-13-25(22)34/h9-16,19-21H,17-18H2,1-8H3/t21-/m0/s1. The first-order valence-electron chi connectivity index (χ1n) is 14.9. The number of hydrogen-bond acceptors (Lipinski definition) is 8. The molecule has 0 aliphatic carbocycles. The number of nitrogens with zero attached hydrogens (tertiary/aromatic N) is 8. The van der Waals surface area contributed by atoms with Gasteiger partial charge in [0.2, 0.25) is 0 Å². The second-order valence-corrected chi connectivity index (χ2v) is 12.5. The summed E-state index contributed by atoms with van der Waals surface area (Å²) in [5.41, 5.74) is 2.16. The number of fused-ring (bicyclic) bond motifs is 1. The van der Waals surface area contributed by atoms with Crippen molar-refractivity contribution in [1.29, 1.82) is 0 Å². The van der Waals surface area contributed by atoms with Gasteiger partial charge in [0.05, 0.1) is 30.4 Å². The molecule has 4 heterocycles. The fourth-order valence-corrected chi connectivity index (χ4v) is 5.11. The van der Waals surface area contributed by atoms with Gasteiger partial charge in [-0.25, -0.2) is 19.2 Å². The van der Waals surface area contributed by atoms with Crippen molar-refractivity contribution in [3.63, 3.8) is 0 Å². The van der Waals surface area contributed by atoms with E-state index in [4.69, 9.17) is 14.7 Å². The maximum absolute atomic E-state index is 14.6. The van der Waals surface area contributed by atoms with Crippen LogP contribution in [-0.4, -0.2) is 67.4 Å². The molecule has 11 nitrogen and oxygen atoms in total. The van der Waals surface area contributed by atoms with Crippen LogP contribution in [0.15, 0.2) is 54.9 Å². The highest BCUT2D eigenvalue weighted by atomic mass is 19.1. The van der Waals surface area contributed by atoms with E-state index in [1.165, 1.54) is 11.0 Å².